The molecule has 2 aromatic heterocycles. The summed E-state index contributed by atoms with van der Waals surface area (Å²) in [7, 11) is 0. The van der Waals surface area contributed by atoms with Gasteiger partial charge in [-0.2, -0.15) is 0 Å². The van der Waals surface area contributed by atoms with Gasteiger partial charge in [-0.15, -0.1) is 12.4 Å². The standard InChI is InChI=1S/C17H22N4O2.ClH/c1-10-14-12(16(22)21-6-5-17(2,8-18)9-21)7-13(11-3-4-11)19-15(14)23-20-10;/h7,11H,3-6,8-9,18H2,1-2H3;1H. The van der Waals surface area contributed by atoms with Crippen molar-refractivity contribution in [1.29, 1.82) is 0 Å². The third-order valence-electron chi connectivity index (χ3n) is 5.20. The van der Waals surface area contributed by atoms with E-state index in [1.165, 1.54) is 0 Å². The Hall–Kier alpha value is -1.66. The van der Waals surface area contributed by atoms with E-state index in [0.29, 0.717) is 30.3 Å². The van der Waals surface area contributed by atoms with Crippen molar-refractivity contribution in [3.63, 3.8) is 0 Å². The molecule has 1 saturated heterocycles. The Kier molecular flexibility index (Phi) is 4.30. The van der Waals surface area contributed by atoms with Gasteiger partial charge in [-0.25, -0.2) is 4.98 Å². The Bertz CT molecular complexity index is 786. The third-order valence-corrected chi connectivity index (χ3v) is 5.20. The Morgan fingerprint density at radius 3 is 2.88 bits per heavy atom. The fourth-order valence-electron chi connectivity index (χ4n) is 3.40. The summed E-state index contributed by atoms with van der Waals surface area (Å²) in [5.74, 6) is 0.506. The van der Waals surface area contributed by atoms with Gasteiger partial charge in [0.15, 0.2) is 0 Å². The van der Waals surface area contributed by atoms with Crippen LogP contribution >= 0.6 is 12.4 Å². The van der Waals surface area contributed by atoms with Crippen molar-refractivity contribution >= 4 is 29.4 Å². The molecular weight excluding hydrogens is 328 g/mol. The second-order valence-electron chi connectivity index (χ2n) is 7.31. The van der Waals surface area contributed by atoms with Crippen LogP contribution in [0.4, 0.5) is 0 Å². The van der Waals surface area contributed by atoms with Crippen LogP contribution in [0.15, 0.2) is 10.6 Å². The number of amides is 1. The monoisotopic (exact) mass is 350 g/mol. The van der Waals surface area contributed by atoms with Gasteiger partial charge in [-0.05, 0) is 44.2 Å². The number of halogens is 1. The quantitative estimate of drug-likeness (QED) is 0.919. The minimum atomic E-state index is 0. The highest BCUT2D eigenvalue weighted by Gasteiger charge is 2.37. The van der Waals surface area contributed by atoms with Crippen LogP contribution in [0.3, 0.4) is 0 Å². The lowest BCUT2D eigenvalue weighted by molar-refractivity contribution is 0.0778. The van der Waals surface area contributed by atoms with E-state index >= 15 is 0 Å². The zero-order chi connectivity index (χ0) is 16.2. The van der Waals surface area contributed by atoms with Crippen LogP contribution < -0.4 is 5.73 Å². The second kappa shape index (κ2) is 6.01. The Labute approximate surface area is 147 Å². The van der Waals surface area contributed by atoms with Crippen LogP contribution in [0.1, 0.15) is 53.8 Å². The summed E-state index contributed by atoms with van der Waals surface area (Å²) in [5, 5.41) is 4.75. The lowest BCUT2D eigenvalue weighted by Crippen LogP contribution is -2.34. The van der Waals surface area contributed by atoms with Crippen molar-refractivity contribution in [1.82, 2.24) is 15.0 Å². The number of nitrogens with zero attached hydrogens (tertiary/aromatic N) is 3. The third kappa shape index (κ3) is 2.78. The largest absolute Gasteiger partial charge is 0.338 e. The van der Waals surface area contributed by atoms with Crippen LogP contribution in [0.5, 0.6) is 0 Å². The SMILES string of the molecule is Cc1noc2nc(C3CC3)cc(C(=O)N3CCC(C)(CN)C3)c12.Cl. The van der Waals surface area contributed by atoms with Gasteiger partial charge in [0.25, 0.3) is 11.6 Å². The topological polar surface area (TPSA) is 85.2 Å². The van der Waals surface area contributed by atoms with Crippen LogP contribution in [-0.2, 0) is 0 Å². The summed E-state index contributed by atoms with van der Waals surface area (Å²) < 4.78 is 5.33. The first-order chi connectivity index (χ1) is 11.0. The van der Waals surface area contributed by atoms with E-state index in [9.17, 15) is 4.79 Å². The smallest absolute Gasteiger partial charge is 0.259 e. The van der Waals surface area contributed by atoms with Gasteiger partial charge in [-0.1, -0.05) is 12.1 Å². The molecule has 0 aromatic carbocycles. The molecule has 1 atom stereocenters. The molecule has 7 heteroatoms. The van der Waals surface area contributed by atoms with Crippen LogP contribution in [0.2, 0.25) is 0 Å². The molecule has 1 unspecified atom stereocenters. The maximum atomic E-state index is 13.1. The Morgan fingerprint density at radius 1 is 1.50 bits per heavy atom. The highest BCUT2D eigenvalue weighted by molar-refractivity contribution is 6.06. The molecule has 1 amide bonds. The molecule has 2 fully saturated rings. The van der Waals surface area contributed by atoms with E-state index in [0.717, 1.165) is 42.6 Å². The van der Waals surface area contributed by atoms with Crippen molar-refractivity contribution in [2.24, 2.45) is 11.1 Å². The van der Waals surface area contributed by atoms with Gasteiger partial charge in [0.1, 0.15) is 0 Å². The van der Waals surface area contributed by atoms with Crippen LogP contribution in [0.25, 0.3) is 11.1 Å². The molecule has 0 spiro atoms. The number of pyridine rings is 1. The summed E-state index contributed by atoms with van der Waals surface area (Å²) in [6.45, 7) is 6.05. The molecule has 130 valence electrons. The van der Waals surface area contributed by atoms with E-state index in [1.807, 2.05) is 17.9 Å². The van der Waals surface area contributed by atoms with Crippen molar-refractivity contribution in [3.05, 3.63) is 23.0 Å². The first kappa shape index (κ1) is 17.2. The molecule has 1 aliphatic heterocycles. The van der Waals surface area contributed by atoms with Crippen LogP contribution in [0, 0.1) is 12.3 Å². The first-order valence-corrected chi connectivity index (χ1v) is 8.27. The molecule has 3 heterocycles. The van der Waals surface area contributed by atoms with Gasteiger partial charge < -0.3 is 15.2 Å². The number of hydrogen-bond acceptors (Lipinski definition) is 5. The summed E-state index contributed by atoms with van der Waals surface area (Å²) in [6.07, 6.45) is 3.21. The lowest BCUT2D eigenvalue weighted by atomic mass is 9.90. The molecule has 6 nitrogen and oxygen atoms in total. The highest BCUT2D eigenvalue weighted by atomic mass is 35.5. The molecule has 2 aromatic rings. The van der Waals surface area contributed by atoms with Gasteiger partial charge in [0, 0.05) is 24.7 Å². The van der Waals surface area contributed by atoms with E-state index in [4.69, 9.17) is 10.3 Å². The predicted molar refractivity (Wildman–Crippen MR) is 93.4 cm³/mol. The Balaban J connectivity index is 0.00000169. The molecule has 2 N–H and O–H groups in total. The highest BCUT2D eigenvalue weighted by Crippen LogP contribution is 2.41. The summed E-state index contributed by atoms with van der Waals surface area (Å²) in [4.78, 5) is 19.6. The zero-order valence-electron chi connectivity index (χ0n) is 14.0. The predicted octanol–water partition coefficient (Wildman–Crippen LogP) is 2.64. The number of aryl methyl sites for hydroxylation is 1. The minimum absolute atomic E-state index is 0. The van der Waals surface area contributed by atoms with Gasteiger partial charge >= 0.3 is 0 Å². The molecule has 2 aliphatic rings. The molecule has 0 radical (unpaired) electrons. The summed E-state index contributed by atoms with van der Waals surface area (Å²) in [5.41, 5.74) is 8.72. The van der Waals surface area contributed by atoms with Crippen molar-refractivity contribution in [2.75, 3.05) is 19.6 Å². The van der Waals surface area contributed by atoms with E-state index in [1.54, 1.807) is 0 Å². The number of carbonyl (C=O) groups excluding carboxylic acids is 1. The molecule has 0 bridgehead atoms. The van der Waals surface area contributed by atoms with Gasteiger partial charge in [0.2, 0.25) is 0 Å². The number of nitrogens with two attached hydrogens (primary N) is 1. The first-order valence-electron chi connectivity index (χ1n) is 8.27. The fourth-order valence-corrected chi connectivity index (χ4v) is 3.40. The molecule has 1 aliphatic carbocycles. The van der Waals surface area contributed by atoms with E-state index in [-0.39, 0.29) is 23.7 Å². The van der Waals surface area contributed by atoms with Gasteiger partial charge in [0.05, 0.1) is 16.6 Å². The molecule has 1 saturated carbocycles. The number of hydrogen-bond donors (Lipinski definition) is 1. The Morgan fingerprint density at radius 2 is 2.25 bits per heavy atom. The normalized spacial score (nSPS) is 23.5. The number of carbonyl (C=O) groups is 1. The van der Waals surface area contributed by atoms with E-state index < -0.39 is 0 Å². The zero-order valence-corrected chi connectivity index (χ0v) is 14.9. The molecular formula is C17H23ClN4O2. The van der Waals surface area contributed by atoms with E-state index in [2.05, 4.69) is 17.1 Å². The number of likely N-dealkylation sites (tertiary alicyclic amines) is 1. The molecule has 24 heavy (non-hydrogen) atoms. The van der Waals surface area contributed by atoms with Crippen molar-refractivity contribution in [3.8, 4) is 0 Å². The average Bonchev–Trinajstić information content (AvgIpc) is 3.24. The lowest BCUT2D eigenvalue weighted by Gasteiger charge is -2.22. The maximum Gasteiger partial charge on any atom is 0.259 e. The number of fused-ring (bicyclic) bond motifs is 1. The van der Waals surface area contributed by atoms with Crippen molar-refractivity contribution < 1.29 is 9.32 Å². The summed E-state index contributed by atoms with van der Waals surface area (Å²) >= 11 is 0. The number of rotatable bonds is 3. The second-order valence-corrected chi connectivity index (χ2v) is 7.31. The molecule has 4 rings (SSSR count). The number of aromatic nitrogens is 2. The minimum Gasteiger partial charge on any atom is -0.338 e. The fraction of sp³-hybridized carbons (Fsp3) is 0.588. The summed E-state index contributed by atoms with van der Waals surface area (Å²) in [6, 6.07) is 1.95. The average molecular weight is 351 g/mol. The van der Waals surface area contributed by atoms with Gasteiger partial charge in [-0.3, -0.25) is 4.79 Å². The van der Waals surface area contributed by atoms with Crippen molar-refractivity contribution in [2.45, 2.75) is 39.0 Å². The van der Waals surface area contributed by atoms with Crippen LogP contribution in [-0.4, -0.2) is 40.6 Å². The maximum absolute atomic E-state index is 13.1.